The molecule has 0 saturated carbocycles. The number of aryl methyl sites for hydroxylation is 1. The molecule has 1 unspecified atom stereocenters. The van der Waals surface area contributed by atoms with Crippen LogP contribution in [-0.2, 0) is 22.6 Å². The number of carbonyl (C=O) groups is 3. The molecule has 10 heteroatoms. The van der Waals surface area contributed by atoms with Crippen molar-refractivity contribution < 1.29 is 29.0 Å². The van der Waals surface area contributed by atoms with Crippen LogP contribution in [0.1, 0.15) is 60.7 Å². The van der Waals surface area contributed by atoms with Crippen molar-refractivity contribution in [2.24, 2.45) is 0 Å². The van der Waals surface area contributed by atoms with E-state index in [0.717, 1.165) is 12.0 Å². The first kappa shape index (κ1) is 34.9. The molecule has 2 atom stereocenters. The predicted molar refractivity (Wildman–Crippen MR) is 185 cm³/mol. The average molecular weight is 657 g/mol. The number of rotatable bonds is 12. The molecule has 3 aromatic rings. The van der Waals surface area contributed by atoms with Crippen LogP contribution >= 0.6 is 0 Å². The van der Waals surface area contributed by atoms with Gasteiger partial charge in [0.1, 0.15) is 5.75 Å². The first-order chi connectivity index (χ1) is 23.0. The van der Waals surface area contributed by atoms with E-state index in [1.54, 1.807) is 29.9 Å². The number of benzene rings is 3. The summed E-state index contributed by atoms with van der Waals surface area (Å²) < 4.78 is 11.8. The second-order valence-corrected chi connectivity index (χ2v) is 13.4. The van der Waals surface area contributed by atoms with Crippen LogP contribution in [0, 0.1) is 6.92 Å². The third-order valence-corrected chi connectivity index (χ3v) is 9.27. The van der Waals surface area contributed by atoms with Gasteiger partial charge in [-0.25, -0.2) is 4.79 Å². The van der Waals surface area contributed by atoms with Crippen molar-refractivity contribution in [3.05, 3.63) is 95.1 Å². The number of fused-ring (bicyclic) bond motifs is 1. The van der Waals surface area contributed by atoms with Gasteiger partial charge >= 0.3 is 6.09 Å². The van der Waals surface area contributed by atoms with E-state index in [2.05, 4.69) is 29.2 Å². The lowest BCUT2D eigenvalue weighted by Gasteiger charge is -2.42. The van der Waals surface area contributed by atoms with Crippen molar-refractivity contribution in [1.82, 2.24) is 14.7 Å². The van der Waals surface area contributed by atoms with E-state index in [4.69, 9.17) is 9.47 Å². The molecule has 0 aliphatic carbocycles. The van der Waals surface area contributed by atoms with E-state index >= 15 is 0 Å². The van der Waals surface area contributed by atoms with Gasteiger partial charge < -0.3 is 29.3 Å². The maximum absolute atomic E-state index is 14.3. The van der Waals surface area contributed by atoms with Gasteiger partial charge in [-0.15, -0.1) is 0 Å². The summed E-state index contributed by atoms with van der Waals surface area (Å²) in [7, 11) is 1.55. The molecule has 1 N–H and O–H groups in total. The normalized spacial score (nSPS) is 19.3. The molecule has 0 radical (unpaired) electrons. The number of piperidine rings is 1. The largest absolute Gasteiger partial charge is 0.473 e. The summed E-state index contributed by atoms with van der Waals surface area (Å²) in [6.45, 7) is 10.7. The van der Waals surface area contributed by atoms with Crippen molar-refractivity contribution in [2.75, 3.05) is 44.8 Å². The molecule has 3 aromatic carbocycles. The molecule has 1 fully saturated rings. The van der Waals surface area contributed by atoms with Crippen molar-refractivity contribution >= 4 is 23.6 Å². The molecule has 256 valence electrons. The number of hydrogen-bond donors (Lipinski definition) is 1. The van der Waals surface area contributed by atoms with Gasteiger partial charge in [-0.05, 0) is 69.4 Å². The first-order valence-corrected chi connectivity index (χ1v) is 16.8. The second kappa shape index (κ2) is 15.2. The molecule has 2 aliphatic heterocycles. The summed E-state index contributed by atoms with van der Waals surface area (Å²) in [5, 5.41) is 9.66. The van der Waals surface area contributed by atoms with Crippen molar-refractivity contribution in [1.29, 1.82) is 0 Å². The number of anilines is 1. The van der Waals surface area contributed by atoms with Crippen LogP contribution in [0.3, 0.4) is 0 Å². The van der Waals surface area contributed by atoms with Crippen LogP contribution in [-0.4, -0.2) is 95.3 Å². The molecule has 48 heavy (non-hydrogen) atoms. The Balaban J connectivity index is 1.48. The van der Waals surface area contributed by atoms with E-state index in [-0.39, 0.29) is 37.0 Å². The quantitative estimate of drug-likeness (QED) is 0.262. The van der Waals surface area contributed by atoms with Crippen LogP contribution in [0.5, 0.6) is 5.75 Å². The molecule has 3 amide bonds. The number of likely N-dealkylation sites (tertiary alicyclic amines) is 1. The number of methoxy groups -OCH3 is 1. The number of amides is 3. The Morgan fingerprint density at radius 2 is 1.67 bits per heavy atom. The van der Waals surface area contributed by atoms with Crippen LogP contribution in [0.15, 0.2) is 72.8 Å². The standard InChI is InChI=1S/C38H48N4O6/c1-27(2)42(31-17-12-18-40(25-31)37(45)46)35(43)32-22-33-34(21-28(32)3)48-38(4,26-47-5)36(44)41(33)20-19-39(23-29-13-8-6-9-14-29)24-30-15-10-7-11-16-30/h6-11,13-16,21-22,27,31H,12,17-20,23-26H2,1-5H3,(H,45,46)/t31-,38?/m1/s1. The molecule has 2 heterocycles. The fourth-order valence-corrected chi connectivity index (χ4v) is 6.92. The summed E-state index contributed by atoms with van der Waals surface area (Å²) in [6, 6.07) is 23.7. The molecule has 2 aliphatic rings. The smallest absolute Gasteiger partial charge is 0.407 e. The number of carboxylic acid groups (broad SMARTS) is 1. The minimum Gasteiger partial charge on any atom is -0.473 e. The van der Waals surface area contributed by atoms with Gasteiger partial charge in [0, 0.05) is 58.0 Å². The van der Waals surface area contributed by atoms with Gasteiger partial charge in [0.15, 0.2) is 0 Å². The number of hydrogen-bond acceptors (Lipinski definition) is 6. The minimum atomic E-state index is -1.24. The van der Waals surface area contributed by atoms with Crippen LogP contribution in [0.2, 0.25) is 0 Å². The Kier molecular flexibility index (Phi) is 11.1. The maximum atomic E-state index is 14.3. The highest BCUT2D eigenvalue weighted by Gasteiger charge is 2.45. The van der Waals surface area contributed by atoms with Gasteiger partial charge in [0.05, 0.1) is 18.3 Å². The summed E-state index contributed by atoms with van der Waals surface area (Å²) in [5.74, 6) is 0.102. The molecule has 0 spiro atoms. The predicted octanol–water partition coefficient (Wildman–Crippen LogP) is 5.82. The lowest BCUT2D eigenvalue weighted by molar-refractivity contribution is -0.138. The zero-order chi connectivity index (χ0) is 34.4. The van der Waals surface area contributed by atoms with E-state index in [1.807, 2.05) is 63.2 Å². The Morgan fingerprint density at radius 1 is 1.04 bits per heavy atom. The van der Waals surface area contributed by atoms with E-state index < -0.39 is 11.7 Å². The molecule has 10 nitrogen and oxygen atoms in total. The highest BCUT2D eigenvalue weighted by Crippen LogP contribution is 2.40. The Morgan fingerprint density at radius 3 is 2.23 bits per heavy atom. The molecule has 1 saturated heterocycles. The van der Waals surface area contributed by atoms with E-state index in [0.29, 0.717) is 56.1 Å². The lowest BCUT2D eigenvalue weighted by atomic mass is 9.97. The minimum absolute atomic E-state index is 0.0716. The number of carbonyl (C=O) groups excluding carboxylic acids is 2. The Bertz CT molecular complexity index is 1540. The van der Waals surface area contributed by atoms with Crippen LogP contribution in [0.25, 0.3) is 0 Å². The summed E-state index contributed by atoms with van der Waals surface area (Å²) in [6.07, 6.45) is 0.437. The van der Waals surface area contributed by atoms with Gasteiger partial charge in [-0.3, -0.25) is 14.5 Å². The van der Waals surface area contributed by atoms with Gasteiger partial charge in [-0.2, -0.15) is 0 Å². The average Bonchev–Trinajstić information content (AvgIpc) is 3.06. The van der Waals surface area contributed by atoms with Crippen molar-refractivity contribution in [3.63, 3.8) is 0 Å². The Labute approximate surface area is 283 Å². The molecule has 0 aromatic heterocycles. The maximum Gasteiger partial charge on any atom is 0.407 e. The summed E-state index contributed by atoms with van der Waals surface area (Å²) >= 11 is 0. The molecule has 0 bridgehead atoms. The lowest BCUT2D eigenvalue weighted by Crippen LogP contribution is -2.58. The fraction of sp³-hybridized carbons (Fsp3) is 0.447. The third kappa shape index (κ3) is 7.82. The highest BCUT2D eigenvalue weighted by atomic mass is 16.5. The first-order valence-electron chi connectivity index (χ1n) is 16.8. The highest BCUT2D eigenvalue weighted by molar-refractivity contribution is 6.05. The molecular weight excluding hydrogens is 608 g/mol. The van der Waals surface area contributed by atoms with Gasteiger partial charge in [0.2, 0.25) is 5.60 Å². The zero-order valence-electron chi connectivity index (χ0n) is 28.7. The summed E-state index contributed by atoms with van der Waals surface area (Å²) in [5.41, 5.74) is 2.84. The fourth-order valence-electron chi connectivity index (χ4n) is 6.92. The number of nitrogens with zero attached hydrogens (tertiary/aromatic N) is 4. The van der Waals surface area contributed by atoms with Crippen LogP contribution in [0.4, 0.5) is 10.5 Å². The van der Waals surface area contributed by atoms with Crippen molar-refractivity contribution in [2.45, 2.75) is 71.3 Å². The van der Waals surface area contributed by atoms with E-state index in [1.165, 1.54) is 16.0 Å². The second-order valence-electron chi connectivity index (χ2n) is 13.4. The third-order valence-electron chi connectivity index (χ3n) is 9.27. The van der Waals surface area contributed by atoms with E-state index in [9.17, 15) is 19.5 Å². The van der Waals surface area contributed by atoms with Crippen molar-refractivity contribution in [3.8, 4) is 5.75 Å². The summed E-state index contributed by atoms with van der Waals surface area (Å²) in [4.78, 5) is 47.6. The SMILES string of the molecule is COCC1(C)Oc2cc(C)c(C(=O)N(C(C)C)[C@@H]3CCCN(C(=O)O)C3)cc2N(CCN(Cc2ccccc2)Cc2ccccc2)C1=O. The van der Waals surface area contributed by atoms with Gasteiger partial charge in [0.25, 0.3) is 11.8 Å². The topological polar surface area (TPSA) is 103 Å². The molecular formula is C38H48N4O6. The zero-order valence-corrected chi connectivity index (χ0v) is 28.7. The van der Waals surface area contributed by atoms with Crippen LogP contribution < -0.4 is 9.64 Å². The molecule has 5 rings (SSSR count). The Hall–Kier alpha value is -4.41. The monoisotopic (exact) mass is 656 g/mol. The number of ether oxygens (including phenoxy) is 2. The van der Waals surface area contributed by atoms with Gasteiger partial charge in [-0.1, -0.05) is 60.7 Å².